The van der Waals surface area contributed by atoms with Gasteiger partial charge in [-0.25, -0.2) is 18.4 Å². The summed E-state index contributed by atoms with van der Waals surface area (Å²) in [7, 11) is 0. The van der Waals surface area contributed by atoms with Gasteiger partial charge in [0.05, 0.1) is 21.0 Å². The maximum absolute atomic E-state index is 14.6. The molecule has 0 radical (unpaired) electrons. The van der Waals surface area contributed by atoms with Crippen molar-refractivity contribution in [3.05, 3.63) is 87.4 Å². The van der Waals surface area contributed by atoms with Gasteiger partial charge in [0.25, 0.3) is 5.91 Å². The lowest BCUT2D eigenvalue weighted by Crippen LogP contribution is -2.20. The van der Waals surface area contributed by atoms with Crippen LogP contribution in [-0.4, -0.2) is 20.7 Å². The molecule has 180 valence electrons. The van der Waals surface area contributed by atoms with Crippen LogP contribution in [0.5, 0.6) is 11.5 Å². The molecule has 0 fully saturated rings. The fourth-order valence-electron chi connectivity index (χ4n) is 3.11. The van der Waals surface area contributed by atoms with Gasteiger partial charge in [-0.3, -0.25) is 4.79 Å². The van der Waals surface area contributed by atoms with Crippen molar-refractivity contribution in [1.29, 1.82) is 0 Å². The number of nitrogens with zero attached hydrogens (tertiary/aromatic N) is 3. The zero-order valence-corrected chi connectivity index (χ0v) is 19.4. The van der Waals surface area contributed by atoms with Gasteiger partial charge in [0.2, 0.25) is 0 Å². The van der Waals surface area contributed by atoms with Crippen molar-refractivity contribution in [3.63, 3.8) is 0 Å². The van der Waals surface area contributed by atoms with Crippen molar-refractivity contribution in [2.24, 2.45) is 0 Å². The Morgan fingerprint density at radius 2 is 1.74 bits per heavy atom. The largest absolute Gasteiger partial charge is 0.450 e. The van der Waals surface area contributed by atoms with Crippen LogP contribution in [-0.2, 0) is 6.18 Å². The summed E-state index contributed by atoms with van der Waals surface area (Å²) < 4.78 is 76.7. The lowest BCUT2D eigenvalue weighted by molar-refractivity contribution is -0.143. The molecule has 0 unspecified atom stereocenters. The third kappa shape index (κ3) is 5.03. The van der Waals surface area contributed by atoms with Gasteiger partial charge in [0.1, 0.15) is 11.6 Å². The molecule has 0 saturated carbocycles. The lowest BCUT2D eigenvalue weighted by Gasteiger charge is -2.14. The average molecular weight is 601 g/mol. The van der Waals surface area contributed by atoms with E-state index in [1.54, 1.807) is 28.7 Å². The van der Waals surface area contributed by atoms with E-state index in [9.17, 15) is 26.7 Å². The Morgan fingerprint density at radius 3 is 2.37 bits per heavy atom. The molecule has 0 aliphatic carbocycles. The number of nitrogens with two attached hydrogens (primary N) is 1. The molecule has 4 rings (SSSR count). The molecule has 1 amide bonds. The van der Waals surface area contributed by atoms with Crippen molar-refractivity contribution in [1.82, 2.24) is 14.8 Å². The van der Waals surface area contributed by atoms with Crippen LogP contribution < -0.4 is 15.8 Å². The molecule has 0 saturated heterocycles. The highest BCUT2D eigenvalue weighted by atomic mass is 127. The molecule has 0 spiro atoms. The van der Waals surface area contributed by atoms with Crippen LogP contribution in [0.15, 0.2) is 60.9 Å². The molecular weight excluding hydrogens is 588 g/mol. The maximum atomic E-state index is 14.6. The standard InChI is InChI=1S/C22H13F5IN5O2/c23-14-8-11(9-15(24)18(14)35-16-6-7-30-20(29)17(16)28)32-21(34)13-10-31-33(19(13)22(25,26)27)12-4-2-1-3-5-12/h1-10H,(H2,29,30)(H,32,34). The number of carbonyl (C=O) groups excluding carboxylic acids is 1. The van der Waals surface area contributed by atoms with Gasteiger partial charge in [-0.1, -0.05) is 18.2 Å². The van der Waals surface area contributed by atoms with Crippen LogP contribution in [0.25, 0.3) is 5.69 Å². The molecule has 35 heavy (non-hydrogen) atoms. The molecule has 0 bridgehead atoms. The van der Waals surface area contributed by atoms with E-state index in [0.29, 0.717) is 20.4 Å². The zero-order chi connectivity index (χ0) is 25.3. The number of anilines is 2. The number of aromatic nitrogens is 3. The van der Waals surface area contributed by atoms with E-state index >= 15 is 0 Å². The fourth-order valence-corrected chi connectivity index (χ4v) is 3.54. The molecule has 2 aromatic heterocycles. The second-order valence-electron chi connectivity index (χ2n) is 6.99. The number of nitrogen functional groups attached to an aromatic ring is 1. The highest BCUT2D eigenvalue weighted by molar-refractivity contribution is 14.1. The topological polar surface area (TPSA) is 95.1 Å². The summed E-state index contributed by atoms with van der Waals surface area (Å²) in [6, 6.07) is 10.1. The lowest BCUT2D eigenvalue weighted by atomic mass is 10.2. The van der Waals surface area contributed by atoms with Crippen LogP contribution in [0, 0.1) is 15.2 Å². The maximum Gasteiger partial charge on any atom is 0.434 e. The fraction of sp³-hybridized carbons (Fsp3) is 0.0455. The number of ether oxygens (including phenoxy) is 1. The third-order valence-electron chi connectivity index (χ3n) is 4.63. The van der Waals surface area contributed by atoms with Crippen LogP contribution in [0.4, 0.5) is 33.5 Å². The Bertz CT molecular complexity index is 1390. The first kappa shape index (κ1) is 24.4. The molecule has 2 heterocycles. The van der Waals surface area contributed by atoms with Crippen molar-refractivity contribution in [3.8, 4) is 17.2 Å². The summed E-state index contributed by atoms with van der Waals surface area (Å²) in [6.45, 7) is 0. The molecule has 0 aliphatic heterocycles. The normalized spacial score (nSPS) is 11.4. The number of hydrogen-bond acceptors (Lipinski definition) is 5. The summed E-state index contributed by atoms with van der Waals surface area (Å²) >= 11 is 1.79. The van der Waals surface area contributed by atoms with E-state index in [2.05, 4.69) is 15.4 Å². The van der Waals surface area contributed by atoms with E-state index in [4.69, 9.17) is 10.5 Å². The van der Waals surface area contributed by atoms with E-state index in [1.165, 1.54) is 36.5 Å². The van der Waals surface area contributed by atoms with E-state index < -0.39 is 46.4 Å². The SMILES string of the molecule is Nc1nccc(Oc2c(F)cc(NC(=O)c3cnn(-c4ccccc4)c3C(F)(F)F)cc2F)c1I. The highest BCUT2D eigenvalue weighted by Crippen LogP contribution is 2.36. The second kappa shape index (κ2) is 9.48. The van der Waals surface area contributed by atoms with E-state index in [-0.39, 0.29) is 17.3 Å². The summed E-state index contributed by atoms with van der Waals surface area (Å²) in [6.07, 6.45) is -2.94. The van der Waals surface area contributed by atoms with Crippen LogP contribution in [0.3, 0.4) is 0 Å². The van der Waals surface area contributed by atoms with Gasteiger partial charge in [-0.15, -0.1) is 0 Å². The number of hydrogen-bond donors (Lipinski definition) is 2. The minimum absolute atomic E-state index is 0.0378. The summed E-state index contributed by atoms with van der Waals surface area (Å²) in [5, 5.41) is 5.75. The van der Waals surface area contributed by atoms with Gasteiger partial charge in [0.15, 0.2) is 23.1 Å². The number of rotatable bonds is 5. The number of alkyl halides is 3. The van der Waals surface area contributed by atoms with Crippen molar-refractivity contribution in [2.75, 3.05) is 11.1 Å². The minimum atomic E-state index is -4.95. The van der Waals surface area contributed by atoms with Gasteiger partial charge in [0, 0.05) is 30.1 Å². The molecule has 2 aromatic carbocycles. The first-order valence-electron chi connectivity index (χ1n) is 9.65. The molecule has 0 atom stereocenters. The smallest absolute Gasteiger partial charge is 0.434 e. The van der Waals surface area contributed by atoms with Gasteiger partial charge < -0.3 is 15.8 Å². The van der Waals surface area contributed by atoms with Gasteiger partial charge in [-0.2, -0.15) is 18.3 Å². The Kier molecular flexibility index (Phi) is 6.60. The monoisotopic (exact) mass is 601 g/mol. The third-order valence-corrected chi connectivity index (χ3v) is 5.72. The number of amides is 1. The average Bonchev–Trinajstić information content (AvgIpc) is 3.26. The molecule has 7 nitrogen and oxygen atoms in total. The van der Waals surface area contributed by atoms with Crippen molar-refractivity contribution < 1.29 is 31.5 Å². The number of carbonyl (C=O) groups is 1. The quantitative estimate of drug-likeness (QED) is 0.223. The second-order valence-corrected chi connectivity index (χ2v) is 8.06. The first-order valence-corrected chi connectivity index (χ1v) is 10.7. The molecular formula is C22H13F5IN5O2. The number of halogens is 6. The van der Waals surface area contributed by atoms with E-state index in [1.807, 2.05) is 0 Å². The summed E-state index contributed by atoms with van der Waals surface area (Å²) in [5.74, 6) is -4.34. The first-order chi connectivity index (χ1) is 16.6. The molecule has 0 aliphatic rings. The van der Waals surface area contributed by atoms with Crippen molar-refractivity contribution >= 4 is 40.0 Å². The Balaban J connectivity index is 1.64. The van der Waals surface area contributed by atoms with Crippen LogP contribution >= 0.6 is 22.6 Å². The van der Waals surface area contributed by atoms with Gasteiger partial charge in [-0.05, 0) is 34.7 Å². The molecule has 13 heteroatoms. The number of para-hydroxylation sites is 1. The number of pyridine rings is 1. The number of nitrogens with one attached hydrogen (secondary N) is 1. The van der Waals surface area contributed by atoms with Crippen molar-refractivity contribution in [2.45, 2.75) is 6.18 Å². The minimum Gasteiger partial charge on any atom is -0.450 e. The molecule has 4 aromatic rings. The summed E-state index contributed by atoms with van der Waals surface area (Å²) in [4.78, 5) is 16.5. The van der Waals surface area contributed by atoms with E-state index in [0.717, 1.165) is 6.20 Å². The highest BCUT2D eigenvalue weighted by Gasteiger charge is 2.40. The predicted molar refractivity (Wildman–Crippen MR) is 124 cm³/mol. The van der Waals surface area contributed by atoms with Crippen LogP contribution in [0.1, 0.15) is 16.1 Å². The Hall–Kier alpha value is -3.75. The Labute approximate surface area is 207 Å². The Morgan fingerprint density at radius 1 is 1.09 bits per heavy atom. The molecule has 3 N–H and O–H groups in total. The zero-order valence-electron chi connectivity index (χ0n) is 17.3. The summed E-state index contributed by atoms with van der Waals surface area (Å²) in [5.41, 5.74) is 3.12. The predicted octanol–water partition coefficient (Wildman–Crippen LogP) is 5.80. The van der Waals surface area contributed by atoms with Gasteiger partial charge >= 0.3 is 6.18 Å². The number of benzene rings is 2. The van der Waals surface area contributed by atoms with Crippen LogP contribution in [0.2, 0.25) is 0 Å².